The van der Waals surface area contributed by atoms with Crippen molar-refractivity contribution < 1.29 is 17.2 Å². The molecule has 3 rings (SSSR count). The van der Waals surface area contributed by atoms with Crippen LogP contribution in [0.4, 0.5) is 26.1 Å². The van der Waals surface area contributed by atoms with E-state index in [1.807, 2.05) is 30.3 Å². The molecule has 1 aromatic heterocycles. The summed E-state index contributed by atoms with van der Waals surface area (Å²) < 4.78 is 53.2. The number of aromatic nitrogens is 2. The monoisotopic (exact) mass is 390 g/mol. The zero-order chi connectivity index (χ0) is 19.3. The average molecular weight is 390 g/mol. The van der Waals surface area contributed by atoms with Gasteiger partial charge in [-0.1, -0.05) is 30.3 Å². The van der Waals surface area contributed by atoms with Gasteiger partial charge in [-0.2, -0.15) is 0 Å². The molecule has 3 aromatic rings. The topological polar surface area (TPSA) is 84.0 Å². The molecule has 0 atom stereocenters. The van der Waals surface area contributed by atoms with Crippen molar-refractivity contribution in [2.45, 2.75) is 6.42 Å². The minimum Gasteiger partial charge on any atom is -0.336 e. The Bertz CT molecular complexity index is 1010. The van der Waals surface area contributed by atoms with Crippen LogP contribution in [0.3, 0.4) is 0 Å². The van der Waals surface area contributed by atoms with E-state index in [1.165, 1.54) is 18.2 Å². The molecule has 1 heterocycles. The minimum atomic E-state index is -3.59. The van der Waals surface area contributed by atoms with Crippen molar-refractivity contribution in [3.05, 3.63) is 77.9 Å². The zero-order valence-electron chi connectivity index (χ0n) is 14.1. The van der Waals surface area contributed by atoms with Gasteiger partial charge in [0.1, 0.15) is 11.6 Å². The van der Waals surface area contributed by atoms with E-state index >= 15 is 0 Å². The molecule has 27 heavy (non-hydrogen) atoms. The minimum absolute atomic E-state index is 0.0295. The van der Waals surface area contributed by atoms with Crippen LogP contribution >= 0.6 is 0 Å². The second-order valence-electron chi connectivity index (χ2n) is 5.71. The SMILES string of the molecule is O=S(=O)(CCc1ccccc1)Nc1ccc(Nc2ccc(F)cc2F)nn1. The molecule has 0 saturated heterocycles. The second kappa shape index (κ2) is 8.09. The standard InChI is InChI=1S/C18H16F2N4O2S/c19-14-6-7-16(15(20)12-14)21-17-8-9-18(23-22-17)24-27(25,26)11-10-13-4-2-1-3-5-13/h1-9,12H,10-11H2,(H,21,22)(H,23,24). The third-order valence-electron chi connectivity index (χ3n) is 3.62. The van der Waals surface area contributed by atoms with Crippen LogP contribution in [0.5, 0.6) is 0 Å². The summed E-state index contributed by atoms with van der Waals surface area (Å²) in [6, 6.07) is 15.2. The molecule has 0 aliphatic rings. The lowest BCUT2D eigenvalue weighted by atomic mass is 10.2. The Kier molecular flexibility index (Phi) is 5.60. The smallest absolute Gasteiger partial charge is 0.234 e. The molecule has 2 N–H and O–H groups in total. The molecule has 0 aliphatic heterocycles. The lowest BCUT2D eigenvalue weighted by Gasteiger charge is -2.09. The van der Waals surface area contributed by atoms with E-state index in [0.29, 0.717) is 6.42 Å². The Labute approximate surface area is 155 Å². The molecule has 6 nitrogen and oxygen atoms in total. The molecule has 0 aliphatic carbocycles. The molecule has 0 spiro atoms. The first-order valence-electron chi connectivity index (χ1n) is 8.01. The molecule has 0 radical (unpaired) electrons. The Morgan fingerprint density at radius 3 is 2.26 bits per heavy atom. The van der Waals surface area contributed by atoms with Crippen LogP contribution in [0.1, 0.15) is 5.56 Å². The second-order valence-corrected chi connectivity index (χ2v) is 7.55. The van der Waals surface area contributed by atoms with Crippen molar-refractivity contribution in [1.82, 2.24) is 10.2 Å². The highest BCUT2D eigenvalue weighted by Gasteiger charge is 2.12. The first-order valence-corrected chi connectivity index (χ1v) is 9.67. The molecule has 0 fully saturated rings. The molecule has 0 amide bonds. The normalized spacial score (nSPS) is 11.2. The molecular weight excluding hydrogens is 374 g/mol. The van der Waals surface area contributed by atoms with E-state index in [9.17, 15) is 17.2 Å². The van der Waals surface area contributed by atoms with Gasteiger partial charge in [-0.15, -0.1) is 10.2 Å². The summed E-state index contributed by atoms with van der Waals surface area (Å²) in [4.78, 5) is 0. The fourth-order valence-corrected chi connectivity index (χ4v) is 3.32. The summed E-state index contributed by atoms with van der Waals surface area (Å²) in [7, 11) is -3.59. The number of halogens is 2. The first kappa shape index (κ1) is 18.7. The van der Waals surface area contributed by atoms with Gasteiger partial charge in [-0.05, 0) is 36.2 Å². The third kappa shape index (κ3) is 5.45. The summed E-state index contributed by atoms with van der Waals surface area (Å²) in [5, 5.41) is 10.2. The van der Waals surface area contributed by atoms with Crippen LogP contribution in [0.25, 0.3) is 0 Å². The molecule has 2 aromatic carbocycles. The van der Waals surface area contributed by atoms with Crippen molar-refractivity contribution in [3.8, 4) is 0 Å². The third-order valence-corrected chi connectivity index (χ3v) is 4.88. The van der Waals surface area contributed by atoms with Crippen molar-refractivity contribution in [2.75, 3.05) is 15.8 Å². The number of hydrogen-bond acceptors (Lipinski definition) is 5. The van der Waals surface area contributed by atoms with Gasteiger partial charge < -0.3 is 5.32 Å². The summed E-state index contributed by atoms with van der Waals surface area (Å²) in [6.07, 6.45) is 0.368. The van der Waals surface area contributed by atoms with E-state index in [1.54, 1.807) is 0 Å². The maximum Gasteiger partial charge on any atom is 0.234 e. The van der Waals surface area contributed by atoms with Gasteiger partial charge in [-0.3, -0.25) is 4.72 Å². The van der Waals surface area contributed by atoms with Crippen LogP contribution in [-0.4, -0.2) is 24.4 Å². The van der Waals surface area contributed by atoms with Gasteiger partial charge in [0.2, 0.25) is 10.0 Å². The van der Waals surface area contributed by atoms with Gasteiger partial charge >= 0.3 is 0 Å². The maximum atomic E-state index is 13.6. The van der Waals surface area contributed by atoms with Crippen molar-refractivity contribution in [1.29, 1.82) is 0 Å². The van der Waals surface area contributed by atoms with Crippen molar-refractivity contribution in [3.63, 3.8) is 0 Å². The molecule has 0 bridgehead atoms. The number of anilines is 3. The summed E-state index contributed by atoms with van der Waals surface area (Å²) in [5.41, 5.74) is 0.941. The van der Waals surface area contributed by atoms with Crippen molar-refractivity contribution in [2.24, 2.45) is 0 Å². The predicted octanol–water partition coefficient (Wildman–Crippen LogP) is 3.48. The average Bonchev–Trinajstić information content (AvgIpc) is 2.65. The Morgan fingerprint density at radius 2 is 1.59 bits per heavy atom. The Morgan fingerprint density at radius 1 is 0.889 bits per heavy atom. The Hall–Kier alpha value is -3.07. The number of nitrogens with one attached hydrogen (secondary N) is 2. The largest absolute Gasteiger partial charge is 0.336 e. The van der Waals surface area contributed by atoms with Gasteiger partial charge in [0.05, 0.1) is 11.4 Å². The molecular formula is C18H16F2N4O2S. The number of sulfonamides is 1. The number of aryl methyl sites for hydroxylation is 1. The predicted molar refractivity (Wildman–Crippen MR) is 99.2 cm³/mol. The highest BCUT2D eigenvalue weighted by Crippen LogP contribution is 2.19. The Balaban J connectivity index is 1.61. The van der Waals surface area contributed by atoms with E-state index in [2.05, 4.69) is 20.2 Å². The number of hydrogen-bond donors (Lipinski definition) is 2. The van der Waals surface area contributed by atoms with Gasteiger partial charge in [0.25, 0.3) is 0 Å². The van der Waals surface area contributed by atoms with Crippen LogP contribution in [0.15, 0.2) is 60.7 Å². The lowest BCUT2D eigenvalue weighted by molar-refractivity contribution is 0.586. The van der Waals surface area contributed by atoms with Crippen LogP contribution < -0.4 is 10.0 Å². The van der Waals surface area contributed by atoms with E-state index < -0.39 is 21.7 Å². The fraction of sp³-hybridized carbons (Fsp3) is 0.111. The summed E-state index contributed by atoms with van der Waals surface area (Å²) >= 11 is 0. The summed E-state index contributed by atoms with van der Waals surface area (Å²) in [6.45, 7) is 0. The number of rotatable bonds is 7. The molecule has 0 saturated carbocycles. The maximum absolute atomic E-state index is 13.6. The number of benzene rings is 2. The highest BCUT2D eigenvalue weighted by atomic mass is 32.2. The van der Waals surface area contributed by atoms with Crippen LogP contribution in [0, 0.1) is 11.6 Å². The fourth-order valence-electron chi connectivity index (χ4n) is 2.29. The zero-order valence-corrected chi connectivity index (χ0v) is 14.9. The quantitative estimate of drug-likeness (QED) is 0.645. The van der Waals surface area contributed by atoms with E-state index in [-0.39, 0.29) is 23.1 Å². The van der Waals surface area contributed by atoms with E-state index in [4.69, 9.17) is 0 Å². The molecule has 0 unspecified atom stereocenters. The van der Waals surface area contributed by atoms with Gasteiger partial charge in [0, 0.05) is 6.07 Å². The van der Waals surface area contributed by atoms with Crippen LogP contribution in [-0.2, 0) is 16.4 Å². The first-order chi connectivity index (χ1) is 12.9. The highest BCUT2D eigenvalue weighted by molar-refractivity contribution is 7.92. The van der Waals surface area contributed by atoms with Crippen LogP contribution in [0.2, 0.25) is 0 Å². The number of nitrogens with zero attached hydrogens (tertiary/aromatic N) is 2. The molecule has 140 valence electrons. The summed E-state index contributed by atoms with van der Waals surface area (Å²) in [5.74, 6) is -1.33. The van der Waals surface area contributed by atoms with Gasteiger partial charge in [0.15, 0.2) is 11.6 Å². The van der Waals surface area contributed by atoms with Gasteiger partial charge in [-0.25, -0.2) is 17.2 Å². The lowest BCUT2D eigenvalue weighted by Crippen LogP contribution is -2.19. The van der Waals surface area contributed by atoms with Crippen molar-refractivity contribution >= 4 is 27.3 Å². The van der Waals surface area contributed by atoms with E-state index in [0.717, 1.165) is 17.7 Å². The molecule has 9 heteroatoms.